The van der Waals surface area contributed by atoms with E-state index in [-0.39, 0.29) is 11.3 Å². The van der Waals surface area contributed by atoms with E-state index in [1.165, 1.54) is 11.8 Å². The second-order valence-corrected chi connectivity index (χ2v) is 7.00. The second-order valence-electron chi connectivity index (χ2n) is 6.01. The monoisotopic (exact) mass is 356 g/mol. The molecular formula is C19H20N2O3S. The van der Waals surface area contributed by atoms with Gasteiger partial charge in [-0.2, -0.15) is 0 Å². The Morgan fingerprint density at radius 3 is 2.88 bits per heavy atom. The minimum absolute atomic E-state index is 0.0124. The second kappa shape index (κ2) is 7.61. The molecule has 1 aromatic carbocycles. The molecule has 25 heavy (non-hydrogen) atoms. The molecule has 0 aliphatic rings. The number of thioether (sulfide) groups is 1. The summed E-state index contributed by atoms with van der Waals surface area (Å²) in [6, 6.07) is 9.18. The molecule has 0 radical (unpaired) electrons. The molecule has 2 heterocycles. The molecule has 0 saturated heterocycles. The van der Waals surface area contributed by atoms with E-state index in [1.54, 1.807) is 18.4 Å². The average Bonchev–Trinajstić information content (AvgIpc) is 3.08. The Kier molecular flexibility index (Phi) is 5.28. The van der Waals surface area contributed by atoms with Crippen LogP contribution in [0.15, 0.2) is 45.8 Å². The molecule has 1 amide bonds. The van der Waals surface area contributed by atoms with Crippen molar-refractivity contribution in [1.29, 1.82) is 0 Å². The Morgan fingerprint density at radius 1 is 1.28 bits per heavy atom. The molecule has 0 unspecified atom stereocenters. The quantitative estimate of drug-likeness (QED) is 0.711. The number of carbonyl (C=O) groups is 1. The topological polar surface area (TPSA) is 75.1 Å². The standard InChI is InChI=1S/C19H20N2O3S/c1-12-6-13(2)19-16(7-12)17(22)8-14(21-19)10-25-11-18(23)20-9-15-4-3-5-24-15/h3-8H,9-11H2,1-2H3,(H,20,23)(H,21,22). The zero-order chi connectivity index (χ0) is 17.8. The normalized spacial score (nSPS) is 11.0. The molecule has 6 heteroatoms. The summed E-state index contributed by atoms with van der Waals surface area (Å²) in [4.78, 5) is 27.5. The summed E-state index contributed by atoms with van der Waals surface area (Å²) in [5.41, 5.74) is 3.84. The lowest BCUT2D eigenvalue weighted by Gasteiger charge is -2.08. The van der Waals surface area contributed by atoms with Crippen molar-refractivity contribution >= 4 is 28.6 Å². The van der Waals surface area contributed by atoms with Crippen LogP contribution < -0.4 is 10.7 Å². The molecule has 130 valence electrons. The highest BCUT2D eigenvalue weighted by Crippen LogP contribution is 2.18. The molecule has 0 fully saturated rings. The van der Waals surface area contributed by atoms with Gasteiger partial charge in [-0.25, -0.2) is 0 Å². The predicted octanol–water partition coefficient (Wildman–Crippen LogP) is 3.29. The van der Waals surface area contributed by atoms with Gasteiger partial charge in [0.1, 0.15) is 5.76 Å². The lowest BCUT2D eigenvalue weighted by atomic mass is 10.1. The van der Waals surface area contributed by atoms with E-state index in [0.29, 0.717) is 23.4 Å². The van der Waals surface area contributed by atoms with Gasteiger partial charge in [0.15, 0.2) is 5.43 Å². The fourth-order valence-electron chi connectivity index (χ4n) is 2.74. The summed E-state index contributed by atoms with van der Waals surface area (Å²) in [7, 11) is 0. The molecule has 3 rings (SSSR count). The van der Waals surface area contributed by atoms with E-state index in [2.05, 4.69) is 16.4 Å². The lowest BCUT2D eigenvalue weighted by Crippen LogP contribution is -2.24. The van der Waals surface area contributed by atoms with Crippen molar-refractivity contribution in [2.45, 2.75) is 26.1 Å². The van der Waals surface area contributed by atoms with Crippen LogP contribution in [0.5, 0.6) is 0 Å². The van der Waals surface area contributed by atoms with Gasteiger partial charge < -0.3 is 14.7 Å². The zero-order valence-corrected chi connectivity index (χ0v) is 15.0. The molecule has 0 aliphatic carbocycles. The van der Waals surface area contributed by atoms with Gasteiger partial charge in [0.2, 0.25) is 5.91 Å². The fraction of sp³-hybridized carbons (Fsp3) is 0.263. The number of aromatic nitrogens is 1. The summed E-state index contributed by atoms with van der Waals surface area (Å²) in [6.45, 7) is 4.36. The highest BCUT2D eigenvalue weighted by atomic mass is 32.2. The number of pyridine rings is 1. The number of nitrogens with one attached hydrogen (secondary N) is 2. The van der Waals surface area contributed by atoms with Crippen molar-refractivity contribution in [2.24, 2.45) is 0 Å². The highest BCUT2D eigenvalue weighted by Gasteiger charge is 2.07. The molecule has 0 spiro atoms. The van der Waals surface area contributed by atoms with E-state index in [1.807, 2.05) is 26.0 Å². The van der Waals surface area contributed by atoms with Crippen LogP contribution in [0.25, 0.3) is 10.9 Å². The average molecular weight is 356 g/mol. The van der Waals surface area contributed by atoms with E-state index in [0.717, 1.165) is 28.1 Å². The smallest absolute Gasteiger partial charge is 0.230 e. The van der Waals surface area contributed by atoms with Crippen molar-refractivity contribution in [3.8, 4) is 0 Å². The molecule has 0 aliphatic heterocycles. The van der Waals surface area contributed by atoms with Crippen molar-refractivity contribution < 1.29 is 9.21 Å². The number of aryl methyl sites for hydroxylation is 2. The number of hydrogen-bond acceptors (Lipinski definition) is 4. The van der Waals surface area contributed by atoms with Crippen LogP contribution in [0, 0.1) is 13.8 Å². The van der Waals surface area contributed by atoms with Crippen molar-refractivity contribution in [3.63, 3.8) is 0 Å². The van der Waals surface area contributed by atoms with Crippen LogP contribution in [-0.2, 0) is 17.1 Å². The summed E-state index contributed by atoms with van der Waals surface area (Å²) in [5, 5.41) is 3.51. The highest BCUT2D eigenvalue weighted by molar-refractivity contribution is 7.99. The third-order valence-corrected chi connectivity index (χ3v) is 4.85. The van der Waals surface area contributed by atoms with Crippen LogP contribution in [0.2, 0.25) is 0 Å². The Hall–Kier alpha value is -2.47. The molecule has 0 saturated carbocycles. The number of amides is 1. The number of H-pyrrole nitrogens is 1. The van der Waals surface area contributed by atoms with Gasteiger partial charge in [-0.1, -0.05) is 6.07 Å². The molecule has 0 atom stereocenters. The minimum Gasteiger partial charge on any atom is -0.467 e. The van der Waals surface area contributed by atoms with Gasteiger partial charge in [-0.3, -0.25) is 9.59 Å². The van der Waals surface area contributed by atoms with Gasteiger partial charge in [0, 0.05) is 22.9 Å². The maximum Gasteiger partial charge on any atom is 0.230 e. The fourth-order valence-corrected chi connectivity index (χ4v) is 3.51. The maximum absolute atomic E-state index is 12.3. The van der Waals surface area contributed by atoms with Crippen LogP contribution in [0.3, 0.4) is 0 Å². The third kappa shape index (κ3) is 4.33. The largest absolute Gasteiger partial charge is 0.467 e. The number of carbonyl (C=O) groups excluding carboxylic acids is 1. The van der Waals surface area contributed by atoms with E-state index in [9.17, 15) is 9.59 Å². The Balaban J connectivity index is 1.60. The Bertz CT molecular complexity index is 945. The zero-order valence-electron chi connectivity index (χ0n) is 14.2. The number of furan rings is 1. The summed E-state index contributed by atoms with van der Waals surface area (Å²) in [6.07, 6.45) is 1.58. The van der Waals surface area contributed by atoms with Crippen molar-refractivity contribution in [3.05, 3.63) is 69.4 Å². The van der Waals surface area contributed by atoms with Gasteiger partial charge >= 0.3 is 0 Å². The van der Waals surface area contributed by atoms with Crippen molar-refractivity contribution in [1.82, 2.24) is 10.3 Å². The molecule has 3 aromatic rings. The third-order valence-electron chi connectivity index (χ3n) is 3.87. The lowest BCUT2D eigenvalue weighted by molar-refractivity contribution is -0.118. The predicted molar refractivity (Wildman–Crippen MR) is 101 cm³/mol. The molecule has 5 nitrogen and oxygen atoms in total. The van der Waals surface area contributed by atoms with E-state index in [4.69, 9.17) is 4.42 Å². The molecule has 2 N–H and O–H groups in total. The number of rotatable bonds is 6. The van der Waals surface area contributed by atoms with Gasteiger partial charge in [0.05, 0.1) is 24.1 Å². The van der Waals surface area contributed by atoms with E-state index >= 15 is 0 Å². The number of hydrogen-bond donors (Lipinski definition) is 2. The number of benzene rings is 1. The number of fused-ring (bicyclic) bond motifs is 1. The Morgan fingerprint density at radius 2 is 2.12 bits per heavy atom. The van der Waals surface area contributed by atoms with Crippen LogP contribution in [-0.4, -0.2) is 16.6 Å². The number of aromatic amines is 1. The summed E-state index contributed by atoms with van der Waals surface area (Å²) in [5.74, 6) is 1.57. The van der Waals surface area contributed by atoms with Crippen molar-refractivity contribution in [2.75, 3.05) is 5.75 Å². The van der Waals surface area contributed by atoms with Gasteiger partial charge in [-0.05, 0) is 43.2 Å². The molecular weight excluding hydrogens is 336 g/mol. The van der Waals surface area contributed by atoms with E-state index < -0.39 is 0 Å². The molecule has 2 aromatic heterocycles. The maximum atomic E-state index is 12.3. The van der Waals surface area contributed by atoms with Crippen LogP contribution in [0.4, 0.5) is 0 Å². The van der Waals surface area contributed by atoms with Crippen LogP contribution in [0.1, 0.15) is 22.6 Å². The SMILES string of the molecule is Cc1cc(C)c2[nH]c(CSCC(=O)NCc3ccco3)cc(=O)c2c1. The molecule has 0 bridgehead atoms. The first-order valence-electron chi connectivity index (χ1n) is 8.03. The van der Waals surface area contributed by atoms with Gasteiger partial charge in [-0.15, -0.1) is 11.8 Å². The Labute approximate surface area is 149 Å². The summed E-state index contributed by atoms with van der Waals surface area (Å²) < 4.78 is 5.17. The first-order chi connectivity index (χ1) is 12.0. The first kappa shape index (κ1) is 17.4. The van der Waals surface area contributed by atoms with Gasteiger partial charge in [0.25, 0.3) is 0 Å². The first-order valence-corrected chi connectivity index (χ1v) is 9.18. The van der Waals surface area contributed by atoms with Crippen LogP contribution >= 0.6 is 11.8 Å². The summed E-state index contributed by atoms with van der Waals surface area (Å²) >= 11 is 1.47. The minimum atomic E-state index is -0.0589.